The molecular formula is C3H15PSi3. The average Bonchev–Trinajstić information content (AvgIpc) is 1.72. The first-order valence-electron chi connectivity index (χ1n) is 3.07. The molecule has 0 aliphatic carbocycles. The van der Waals surface area contributed by atoms with Crippen LogP contribution in [0.3, 0.4) is 0 Å². The lowest BCUT2D eigenvalue weighted by Crippen LogP contribution is -1.92. The Kier molecular flexibility index (Phi) is 6.03. The molecule has 0 aliphatic heterocycles. The van der Waals surface area contributed by atoms with Crippen LogP contribution in [-0.2, 0) is 0 Å². The van der Waals surface area contributed by atoms with E-state index in [9.17, 15) is 0 Å². The largest absolute Gasteiger partial charge is 0.159 e. The lowest BCUT2D eigenvalue weighted by molar-refractivity contribution is 2.33. The Hall–Kier alpha value is 1.08. The van der Waals surface area contributed by atoms with Gasteiger partial charge in [0.25, 0.3) is 0 Å². The standard InChI is InChI=1S/C3H15PSi3/c1-5-4(6-2)7-3/h5-7H2,1-3H3. The van der Waals surface area contributed by atoms with Gasteiger partial charge in [-0.15, -0.1) is 0 Å². The molecule has 0 aromatic heterocycles. The highest BCUT2D eigenvalue weighted by atomic mass is 31.8. The van der Waals surface area contributed by atoms with Gasteiger partial charge in [0.05, 0.1) is 0 Å². The van der Waals surface area contributed by atoms with Crippen molar-refractivity contribution in [3.05, 3.63) is 0 Å². The lowest BCUT2D eigenvalue weighted by Gasteiger charge is -2.05. The third-order valence-corrected chi connectivity index (χ3v) is 36.2. The first-order valence-corrected chi connectivity index (χ1v) is 14.9. The summed E-state index contributed by atoms with van der Waals surface area (Å²) in [4.78, 5) is 0. The van der Waals surface area contributed by atoms with Gasteiger partial charge in [-0.25, -0.2) is 0 Å². The van der Waals surface area contributed by atoms with Crippen molar-refractivity contribution in [1.29, 1.82) is 0 Å². The molecule has 0 rings (SSSR count). The molecular weight excluding hydrogens is 151 g/mol. The van der Waals surface area contributed by atoms with Crippen LogP contribution in [-0.4, -0.2) is 27.6 Å². The second-order valence-electron chi connectivity index (χ2n) is 1.62. The van der Waals surface area contributed by atoms with Crippen LogP contribution in [0.15, 0.2) is 0 Å². The van der Waals surface area contributed by atoms with Crippen LogP contribution in [0.25, 0.3) is 0 Å². The molecule has 0 radical (unpaired) electrons. The lowest BCUT2D eigenvalue weighted by atomic mass is 11.9. The minimum Gasteiger partial charge on any atom is -0.159 e. The van der Waals surface area contributed by atoms with Crippen molar-refractivity contribution in [3.8, 4) is 0 Å². The van der Waals surface area contributed by atoms with Crippen LogP contribution in [0.5, 0.6) is 0 Å². The Balaban J connectivity index is 2.99. The van der Waals surface area contributed by atoms with Crippen molar-refractivity contribution in [2.24, 2.45) is 0 Å². The number of hydrogen-bond acceptors (Lipinski definition) is 0. The van der Waals surface area contributed by atoms with Gasteiger partial charge < -0.3 is 0 Å². The van der Waals surface area contributed by atoms with Crippen molar-refractivity contribution < 1.29 is 0 Å². The van der Waals surface area contributed by atoms with Gasteiger partial charge in [0.15, 0.2) is 0 Å². The van der Waals surface area contributed by atoms with Gasteiger partial charge in [0.1, 0.15) is 0 Å². The SMILES string of the molecule is C[SiH2]P([SiH2]C)[SiH2]C. The highest BCUT2D eigenvalue weighted by Crippen LogP contribution is 2.26. The van der Waals surface area contributed by atoms with E-state index in [1.807, 2.05) is 0 Å². The molecule has 0 saturated carbocycles. The van der Waals surface area contributed by atoms with Gasteiger partial charge in [-0.3, -0.25) is 0 Å². The summed E-state index contributed by atoms with van der Waals surface area (Å²) in [5.41, 5.74) is 0. The fourth-order valence-electron chi connectivity index (χ4n) is 0.671. The topological polar surface area (TPSA) is 0 Å². The molecule has 0 amide bonds. The third-order valence-electron chi connectivity index (χ3n) is 1.34. The summed E-state index contributed by atoms with van der Waals surface area (Å²) in [5, 5.41) is 0. The van der Waals surface area contributed by atoms with E-state index in [2.05, 4.69) is 19.6 Å². The van der Waals surface area contributed by atoms with Gasteiger partial charge in [0.2, 0.25) is 0 Å². The Labute approximate surface area is 54.2 Å². The van der Waals surface area contributed by atoms with Crippen LogP contribution in [0.1, 0.15) is 0 Å². The molecule has 0 heterocycles. The fraction of sp³-hybridized carbons (Fsp3) is 1.00. The summed E-state index contributed by atoms with van der Waals surface area (Å²) < 4.78 is 0. The minimum atomic E-state index is 0.516. The summed E-state index contributed by atoms with van der Waals surface area (Å²) in [7, 11) is 1.55. The van der Waals surface area contributed by atoms with Gasteiger partial charge in [-0.05, 0) is 0 Å². The smallest absolute Gasteiger partial charge is 0.0360 e. The molecule has 0 nitrogen and oxygen atoms in total. The van der Waals surface area contributed by atoms with Gasteiger partial charge >= 0.3 is 0 Å². The molecule has 4 heteroatoms. The van der Waals surface area contributed by atoms with Gasteiger partial charge in [0, 0.05) is 27.6 Å². The van der Waals surface area contributed by atoms with Crippen LogP contribution in [0.4, 0.5) is 0 Å². The molecule has 0 bridgehead atoms. The monoisotopic (exact) mass is 166 g/mol. The van der Waals surface area contributed by atoms with E-state index in [1.165, 1.54) is 0 Å². The Morgan fingerprint density at radius 1 is 0.857 bits per heavy atom. The first kappa shape index (κ1) is 8.08. The summed E-state index contributed by atoms with van der Waals surface area (Å²) in [6.07, 6.45) is 0. The van der Waals surface area contributed by atoms with Crippen molar-refractivity contribution in [2.75, 3.05) is 0 Å². The molecule has 0 spiro atoms. The zero-order valence-corrected chi connectivity index (χ0v) is 10.7. The second-order valence-corrected chi connectivity index (χ2v) is 26.7. The average molecular weight is 166 g/mol. The van der Waals surface area contributed by atoms with Crippen molar-refractivity contribution in [2.45, 2.75) is 19.6 Å². The maximum atomic E-state index is 2.50. The van der Waals surface area contributed by atoms with Crippen LogP contribution < -0.4 is 0 Å². The summed E-state index contributed by atoms with van der Waals surface area (Å²) in [6, 6.07) is 0. The summed E-state index contributed by atoms with van der Waals surface area (Å²) >= 11 is 0. The Morgan fingerprint density at radius 3 is 1.14 bits per heavy atom. The highest BCUT2D eigenvalue weighted by molar-refractivity contribution is 8.23. The Bertz CT molecular complexity index is 31.7. The van der Waals surface area contributed by atoms with E-state index in [4.69, 9.17) is 0 Å². The quantitative estimate of drug-likeness (QED) is 0.405. The second kappa shape index (κ2) is 5.22. The molecule has 0 aromatic carbocycles. The summed E-state index contributed by atoms with van der Waals surface area (Å²) in [5.74, 6) is 0. The molecule has 0 unspecified atom stereocenters. The fourth-order valence-corrected chi connectivity index (χ4v) is 18.1. The molecule has 0 aromatic rings. The van der Waals surface area contributed by atoms with E-state index >= 15 is 0 Å². The molecule has 0 fully saturated rings. The van der Waals surface area contributed by atoms with Crippen molar-refractivity contribution in [3.63, 3.8) is 0 Å². The van der Waals surface area contributed by atoms with E-state index < -0.39 is 0 Å². The molecule has 7 heavy (non-hydrogen) atoms. The van der Waals surface area contributed by atoms with E-state index in [-0.39, 0.29) is 0 Å². The van der Waals surface area contributed by atoms with Crippen molar-refractivity contribution in [1.82, 2.24) is 0 Å². The molecule has 0 aliphatic rings. The molecule has 44 valence electrons. The van der Waals surface area contributed by atoms with Crippen LogP contribution >= 0.6 is 6.57 Å². The predicted molar refractivity (Wildman–Crippen MR) is 50.1 cm³/mol. The predicted octanol–water partition coefficient (Wildman–Crippen LogP) is -0.136. The maximum absolute atomic E-state index is 2.50. The molecule has 0 saturated heterocycles. The number of hydrogen-bond donors (Lipinski definition) is 0. The maximum Gasteiger partial charge on any atom is 0.0360 e. The summed E-state index contributed by atoms with van der Waals surface area (Å²) in [6.45, 7) is 8.36. The highest BCUT2D eigenvalue weighted by Gasteiger charge is 1.95. The van der Waals surface area contributed by atoms with E-state index in [0.717, 1.165) is 6.57 Å². The molecule has 0 N–H and O–H groups in total. The van der Waals surface area contributed by atoms with Gasteiger partial charge in [-0.1, -0.05) is 19.6 Å². The molecule has 0 atom stereocenters. The van der Waals surface area contributed by atoms with Crippen LogP contribution in [0, 0.1) is 0 Å². The van der Waals surface area contributed by atoms with Crippen molar-refractivity contribution >= 4 is 34.1 Å². The van der Waals surface area contributed by atoms with E-state index in [1.54, 1.807) is 0 Å². The van der Waals surface area contributed by atoms with E-state index in [0.29, 0.717) is 27.6 Å². The third kappa shape index (κ3) is 3.65. The number of rotatable bonds is 3. The zero-order valence-electron chi connectivity index (χ0n) is 5.57. The normalized spacial score (nSPS) is 19.3. The Morgan fingerprint density at radius 2 is 1.14 bits per heavy atom. The first-order chi connectivity index (χ1) is 3.35. The van der Waals surface area contributed by atoms with Gasteiger partial charge in [-0.2, -0.15) is 6.57 Å². The minimum absolute atomic E-state index is 0.516. The zero-order chi connectivity index (χ0) is 5.70. The van der Waals surface area contributed by atoms with Crippen LogP contribution in [0.2, 0.25) is 19.6 Å².